The molecular formula is C6H3BrN2O5. The van der Waals surface area contributed by atoms with E-state index in [1.807, 2.05) is 0 Å². The Bertz CT molecular complexity index is 380. The largest absolute Gasteiger partial charge is 0.506 e. The summed E-state index contributed by atoms with van der Waals surface area (Å²) in [6, 6.07) is 1.61. The monoisotopic (exact) mass is 262 g/mol. The van der Waals surface area contributed by atoms with E-state index in [1.165, 1.54) is 0 Å². The number of aromatic hydroxyl groups is 1. The highest BCUT2D eigenvalue weighted by Crippen LogP contribution is 2.36. The molecule has 74 valence electrons. The topological polar surface area (TPSA) is 107 Å². The Labute approximate surface area is 85.4 Å². The fourth-order valence-corrected chi connectivity index (χ4v) is 1.16. The minimum absolute atomic E-state index is 0.0369. The second-order valence-corrected chi connectivity index (χ2v) is 3.16. The molecule has 1 aromatic rings. The number of rotatable bonds is 2. The molecule has 0 fully saturated rings. The van der Waals surface area contributed by atoms with E-state index in [2.05, 4.69) is 15.9 Å². The van der Waals surface area contributed by atoms with Crippen LogP contribution in [0.3, 0.4) is 0 Å². The Morgan fingerprint density at radius 2 is 1.57 bits per heavy atom. The molecular weight excluding hydrogens is 260 g/mol. The van der Waals surface area contributed by atoms with Crippen molar-refractivity contribution in [3.05, 3.63) is 36.8 Å². The van der Waals surface area contributed by atoms with Gasteiger partial charge in [-0.25, -0.2) is 0 Å². The van der Waals surface area contributed by atoms with Crippen LogP contribution in [0.1, 0.15) is 0 Å². The molecule has 0 aliphatic rings. The first-order chi connectivity index (χ1) is 6.43. The molecule has 0 aromatic heterocycles. The van der Waals surface area contributed by atoms with E-state index in [1.54, 1.807) is 0 Å². The van der Waals surface area contributed by atoms with Crippen LogP contribution in [-0.4, -0.2) is 15.0 Å². The van der Waals surface area contributed by atoms with Crippen molar-refractivity contribution in [1.29, 1.82) is 0 Å². The van der Waals surface area contributed by atoms with Crippen LogP contribution in [0.25, 0.3) is 0 Å². The molecule has 0 radical (unpaired) electrons. The Morgan fingerprint density at radius 1 is 1.14 bits per heavy atom. The maximum atomic E-state index is 10.4. The minimum atomic E-state index is -0.926. The highest BCUT2D eigenvalue weighted by Gasteiger charge is 2.26. The third kappa shape index (κ3) is 1.79. The van der Waals surface area contributed by atoms with Gasteiger partial charge < -0.3 is 5.11 Å². The minimum Gasteiger partial charge on any atom is -0.506 e. The van der Waals surface area contributed by atoms with Gasteiger partial charge in [0, 0.05) is 6.07 Å². The molecule has 0 amide bonds. The standard InChI is InChI=1S/C6H3BrN2O5/c7-3-1-4(8(11)12)5(9(13)14)2-6(3)10/h1-2,10H. The van der Waals surface area contributed by atoms with Crippen molar-refractivity contribution in [2.75, 3.05) is 0 Å². The number of phenols is 1. The summed E-state index contributed by atoms with van der Waals surface area (Å²) in [5.74, 6) is -0.415. The van der Waals surface area contributed by atoms with Crippen LogP contribution in [0.5, 0.6) is 5.75 Å². The number of nitro groups is 2. The van der Waals surface area contributed by atoms with E-state index in [0.717, 1.165) is 12.1 Å². The predicted octanol–water partition coefficient (Wildman–Crippen LogP) is 1.97. The molecule has 0 heterocycles. The van der Waals surface area contributed by atoms with Crippen molar-refractivity contribution >= 4 is 27.3 Å². The molecule has 14 heavy (non-hydrogen) atoms. The van der Waals surface area contributed by atoms with Gasteiger partial charge in [-0.3, -0.25) is 20.2 Å². The molecule has 0 bridgehead atoms. The Kier molecular flexibility index (Phi) is 2.65. The lowest BCUT2D eigenvalue weighted by Gasteiger charge is -1.97. The summed E-state index contributed by atoms with van der Waals surface area (Å²) in [4.78, 5) is 18.9. The number of hydrogen-bond donors (Lipinski definition) is 1. The molecule has 0 atom stereocenters. The van der Waals surface area contributed by atoms with Gasteiger partial charge in [0.1, 0.15) is 5.75 Å². The molecule has 1 aromatic carbocycles. The Morgan fingerprint density at radius 3 is 2.00 bits per heavy atom. The van der Waals surface area contributed by atoms with E-state index in [4.69, 9.17) is 5.11 Å². The SMILES string of the molecule is O=[N+]([O-])c1cc(O)c(Br)cc1[N+](=O)[O-]. The summed E-state index contributed by atoms with van der Waals surface area (Å²) in [6.07, 6.45) is 0. The molecule has 1 rings (SSSR count). The normalized spacial score (nSPS) is 9.79. The van der Waals surface area contributed by atoms with Gasteiger partial charge >= 0.3 is 11.4 Å². The van der Waals surface area contributed by atoms with E-state index < -0.39 is 27.0 Å². The molecule has 0 saturated heterocycles. The van der Waals surface area contributed by atoms with Crippen LogP contribution in [0.4, 0.5) is 11.4 Å². The predicted molar refractivity (Wildman–Crippen MR) is 49.1 cm³/mol. The van der Waals surface area contributed by atoms with Crippen molar-refractivity contribution in [1.82, 2.24) is 0 Å². The van der Waals surface area contributed by atoms with Gasteiger partial charge in [-0.1, -0.05) is 0 Å². The number of halogens is 1. The van der Waals surface area contributed by atoms with Crippen molar-refractivity contribution in [3.63, 3.8) is 0 Å². The summed E-state index contributed by atoms with van der Waals surface area (Å²) < 4.78 is 0.0369. The smallest absolute Gasteiger partial charge is 0.349 e. The second-order valence-electron chi connectivity index (χ2n) is 2.31. The maximum absolute atomic E-state index is 10.4. The fraction of sp³-hybridized carbons (Fsp3) is 0. The highest BCUT2D eigenvalue weighted by atomic mass is 79.9. The lowest BCUT2D eigenvalue weighted by molar-refractivity contribution is -0.422. The second kappa shape index (κ2) is 3.58. The lowest BCUT2D eigenvalue weighted by Crippen LogP contribution is -1.96. The van der Waals surface area contributed by atoms with Crippen LogP contribution >= 0.6 is 15.9 Å². The lowest BCUT2D eigenvalue weighted by atomic mass is 10.2. The van der Waals surface area contributed by atoms with Gasteiger partial charge in [-0.05, 0) is 15.9 Å². The summed E-state index contributed by atoms with van der Waals surface area (Å²) in [5.41, 5.74) is -1.41. The van der Waals surface area contributed by atoms with Gasteiger partial charge in [0.25, 0.3) is 0 Å². The van der Waals surface area contributed by atoms with Crippen molar-refractivity contribution < 1.29 is 15.0 Å². The highest BCUT2D eigenvalue weighted by molar-refractivity contribution is 9.10. The molecule has 8 heteroatoms. The summed E-state index contributed by atoms with van der Waals surface area (Å²) in [5, 5.41) is 29.8. The van der Waals surface area contributed by atoms with Crippen LogP contribution in [-0.2, 0) is 0 Å². The summed E-state index contributed by atoms with van der Waals surface area (Å²) in [6.45, 7) is 0. The first-order valence-electron chi connectivity index (χ1n) is 3.24. The quantitative estimate of drug-likeness (QED) is 0.648. The molecule has 0 aliphatic heterocycles. The Hall–Kier alpha value is -1.70. The maximum Gasteiger partial charge on any atom is 0.349 e. The van der Waals surface area contributed by atoms with Crippen molar-refractivity contribution in [2.24, 2.45) is 0 Å². The summed E-state index contributed by atoms with van der Waals surface area (Å²) >= 11 is 2.82. The van der Waals surface area contributed by atoms with E-state index in [0.29, 0.717) is 0 Å². The fourth-order valence-electron chi connectivity index (χ4n) is 0.833. The van der Waals surface area contributed by atoms with Gasteiger partial charge in [0.05, 0.1) is 20.4 Å². The number of nitrogens with zero attached hydrogens (tertiary/aromatic N) is 2. The van der Waals surface area contributed by atoms with Crippen LogP contribution in [0.2, 0.25) is 0 Å². The molecule has 0 unspecified atom stereocenters. The van der Waals surface area contributed by atoms with Crippen LogP contribution in [0, 0.1) is 20.2 Å². The van der Waals surface area contributed by atoms with Crippen molar-refractivity contribution in [2.45, 2.75) is 0 Å². The number of phenolic OH excluding ortho intramolecular Hbond substituents is 1. The molecule has 0 saturated carbocycles. The average molecular weight is 263 g/mol. The Balaban J connectivity index is 3.46. The average Bonchev–Trinajstić information content (AvgIpc) is 2.08. The van der Waals surface area contributed by atoms with Crippen LogP contribution in [0.15, 0.2) is 16.6 Å². The molecule has 0 aliphatic carbocycles. The van der Waals surface area contributed by atoms with Crippen molar-refractivity contribution in [3.8, 4) is 5.75 Å². The number of nitro benzene ring substituents is 2. The van der Waals surface area contributed by atoms with E-state index in [9.17, 15) is 20.2 Å². The zero-order valence-electron chi connectivity index (χ0n) is 6.51. The number of hydrogen-bond acceptors (Lipinski definition) is 5. The van der Waals surface area contributed by atoms with Gasteiger partial charge in [0.2, 0.25) is 0 Å². The zero-order valence-corrected chi connectivity index (χ0v) is 8.09. The zero-order chi connectivity index (χ0) is 10.9. The van der Waals surface area contributed by atoms with Gasteiger partial charge in [0.15, 0.2) is 0 Å². The van der Waals surface area contributed by atoms with E-state index >= 15 is 0 Å². The van der Waals surface area contributed by atoms with Gasteiger partial charge in [-0.15, -0.1) is 0 Å². The molecule has 1 N–H and O–H groups in total. The van der Waals surface area contributed by atoms with Gasteiger partial charge in [-0.2, -0.15) is 0 Å². The third-order valence-electron chi connectivity index (χ3n) is 1.44. The van der Waals surface area contributed by atoms with E-state index in [-0.39, 0.29) is 4.47 Å². The third-order valence-corrected chi connectivity index (χ3v) is 2.07. The van der Waals surface area contributed by atoms with Crippen LogP contribution < -0.4 is 0 Å². The summed E-state index contributed by atoms with van der Waals surface area (Å²) in [7, 11) is 0. The first-order valence-corrected chi connectivity index (χ1v) is 4.04. The molecule has 7 nitrogen and oxygen atoms in total. The first kappa shape index (κ1) is 10.4. The molecule has 0 spiro atoms. The number of benzene rings is 1.